The van der Waals surface area contributed by atoms with Crippen molar-refractivity contribution in [2.24, 2.45) is 0 Å². The van der Waals surface area contributed by atoms with Crippen LogP contribution in [0.4, 0.5) is 0 Å². The molecule has 0 saturated carbocycles. The molecule has 0 fully saturated rings. The first-order valence-electron chi connectivity index (χ1n) is 17.8. The molecule has 0 aromatic rings. The fraction of sp³-hybridized carbons (Fsp3) is 0.889. The lowest BCUT2D eigenvalue weighted by Crippen LogP contribution is -1.97. The third-order valence-corrected chi connectivity index (χ3v) is 7.81. The molecular formula is C36H68O6. The predicted molar refractivity (Wildman–Crippen MR) is 175 cm³/mol. The summed E-state index contributed by atoms with van der Waals surface area (Å²) in [5.41, 5.74) is 0. The maximum absolute atomic E-state index is 11.7. The van der Waals surface area contributed by atoms with E-state index in [9.17, 15) is 19.2 Å². The van der Waals surface area contributed by atoms with Crippen LogP contribution in [0, 0.1) is 0 Å². The highest BCUT2D eigenvalue weighted by Gasteiger charge is 2.03. The quantitative estimate of drug-likeness (QED) is 0.0748. The van der Waals surface area contributed by atoms with Gasteiger partial charge in [0.05, 0.1) is 0 Å². The van der Waals surface area contributed by atoms with Gasteiger partial charge in [-0.25, -0.2) is 0 Å². The summed E-state index contributed by atoms with van der Waals surface area (Å²) in [6.07, 6.45) is 30.7. The van der Waals surface area contributed by atoms with Gasteiger partial charge in [0.2, 0.25) is 0 Å². The number of carbonyl (C=O) groups is 4. The molecule has 0 atom stereocenters. The summed E-state index contributed by atoms with van der Waals surface area (Å²) in [4.78, 5) is 44.0. The monoisotopic (exact) mass is 597 g/mol. The third-order valence-electron chi connectivity index (χ3n) is 7.81. The molecule has 0 amide bonds. The maximum atomic E-state index is 11.7. The molecule has 0 aliphatic carbocycles. The van der Waals surface area contributed by atoms with Crippen molar-refractivity contribution >= 4 is 23.5 Å². The van der Waals surface area contributed by atoms with Crippen LogP contribution >= 0.6 is 0 Å². The molecule has 0 aliphatic heterocycles. The Morgan fingerprint density at radius 1 is 0.310 bits per heavy atom. The summed E-state index contributed by atoms with van der Waals surface area (Å²) in [5, 5.41) is 17.0. The van der Waals surface area contributed by atoms with Gasteiger partial charge < -0.3 is 10.2 Å². The molecule has 6 nitrogen and oxygen atoms in total. The molecule has 6 heteroatoms. The highest BCUT2D eigenvalue weighted by molar-refractivity contribution is 5.78. The van der Waals surface area contributed by atoms with E-state index in [0.29, 0.717) is 11.6 Å². The number of carboxylic acids is 2. The summed E-state index contributed by atoms with van der Waals surface area (Å²) in [6, 6.07) is 0. The molecule has 248 valence electrons. The molecule has 2 N–H and O–H groups in total. The fourth-order valence-corrected chi connectivity index (χ4v) is 5.07. The highest BCUT2D eigenvalue weighted by atomic mass is 16.4. The number of hydrogen-bond acceptors (Lipinski definition) is 4. The van der Waals surface area contributed by atoms with Crippen molar-refractivity contribution in [3.8, 4) is 0 Å². The Balaban J connectivity index is 0. The van der Waals surface area contributed by atoms with Gasteiger partial charge >= 0.3 is 11.9 Å². The van der Waals surface area contributed by atoms with E-state index in [1.165, 1.54) is 64.2 Å². The van der Waals surface area contributed by atoms with Crippen molar-refractivity contribution in [1.82, 2.24) is 0 Å². The average molecular weight is 597 g/mol. The number of rotatable bonds is 32. The summed E-state index contributed by atoms with van der Waals surface area (Å²) < 4.78 is 0. The first-order chi connectivity index (χ1) is 20.3. The Morgan fingerprint density at radius 2 is 0.500 bits per heavy atom. The van der Waals surface area contributed by atoms with Gasteiger partial charge in [-0.05, 0) is 38.5 Å². The van der Waals surface area contributed by atoms with Gasteiger partial charge in [0.1, 0.15) is 11.6 Å². The lowest BCUT2D eigenvalue weighted by Gasteiger charge is -2.02. The number of ketones is 2. The molecule has 0 saturated heterocycles. The van der Waals surface area contributed by atoms with Gasteiger partial charge in [-0.3, -0.25) is 19.2 Å². The Hall–Kier alpha value is -1.72. The Kier molecular flexibility index (Phi) is 35.8. The SMILES string of the molecule is CCCCCCCCC(=O)CCCCCCCCC(=O)O.CCCCCCCCC(=O)CCCCCCCCC(=O)O. The van der Waals surface area contributed by atoms with E-state index in [0.717, 1.165) is 116 Å². The standard InChI is InChI=1S/2C18H34O3/c2*1-2-3-4-5-8-11-14-17(19)15-12-9-6-7-10-13-16-18(20)21/h2*2-16H2,1H3,(H,20,21). The molecule has 42 heavy (non-hydrogen) atoms. The van der Waals surface area contributed by atoms with Crippen LogP contribution in [0.15, 0.2) is 0 Å². The number of hydrogen-bond donors (Lipinski definition) is 2. The second-order valence-corrected chi connectivity index (χ2v) is 12.1. The van der Waals surface area contributed by atoms with E-state index in [1.54, 1.807) is 0 Å². The van der Waals surface area contributed by atoms with E-state index >= 15 is 0 Å². The van der Waals surface area contributed by atoms with Crippen LogP contribution in [-0.2, 0) is 19.2 Å². The minimum atomic E-state index is -0.699. The van der Waals surface area contributed by atoms with Crippen molar-refractivity contribution in [2.45, 2.75) is 206 Å². The minimum Gasteiger partial charge on any atom is -0.481 e. The topological polar surface area (TPSA) is 109 Å². The molecule has 0 aromatic carbocycles. The maximum Gasteiger partial charge on any atom is 0.303 e. The summed E-state index contributed by atoms with van der Waals surface area (Å²) >= 11 is 0. The van der Waals surface area contributed by atoms with E-state index in [1.807, 2.05) is 0 Å². The van der Waals surface area contributed by atoms with Crippen molar-refractivity contribution in [2.75, 3.05) is 0 Å². The van der Waals surface area contributed by atoms with E-state index in [2.05, 4.69) is 13.8 Å². The number of carboxylic acid groups (broad SMARTS) is 2. The zero-order valence-electron chi connectivity index (χ0n) is 27.7. The zero-order chi connectivity index (χ0) is 31.5. The number of carbonyl (C=O) groups excluding carboxylic acids is 2. The van der Waals surface area contributed by atoms with Crippen LogP contribution in [0.5, 0.6) is 0 Å². The van der Waals surface area contributed by atoms with Crippen molar-refractivity contribution in [1.29, 1.82) is 0 Å². The molecule has 0 aromatic heterocycles. The van der Waals surface area contributed by atoms with Crippen molar-refractivity contribution < 1.29 is 29.4 Å². The van der Waals surface area contributed by atoms with E-state index in [4.69, 9.17) is 10.2 Å². The Labute approximate surface area is 259 Å². The van der Waals surface area contributed by atoms with Gasteiger partial charge in [-0.2, -0.15) is 0 Å². The molecular weight excluding hydrogens is 528 g/mol. The minimum absolute atomic E-state index is 0.288. The molecule has 0 heterocycles. The Bertz CT molecular complexity index is 576. The smallest absolute Gasteiger partial charge is 0.303 e. The largest absolute Gasteiger partial charge is 0.481 e. The first-order valence-corrected chi connectivity index (χ1v) is 17.8. The molecule has 0 aliphatic rings. The normalized spacial score (nSPS) is 10.7. The summed E-state index contributed by atoms with van der Waals surface area (Å²) in [6.45, 7) is 4.44. The summed E-state index contributed by atoms with van der Waals surface area (Å²) in [5.74, 6) is -0.543. The van der Waals surface area contributed by atoms with Crippen LogP contribution in [0.25, 0.3) is 0 Å². The van der Waals surface area contributed by atoms with Gasteiger partial charge in [0.25, 0.3) is 0 Å². The summed E-state index contributed by atoms with van der Waals surface area (Å²) in [7, 11) is 0. The average Bonchev–Trinajstić information content (AvgIpc) is 2.95. The molecule has 0 radical (unpaired) electrons. The number of Topliss-reactive ketones (excluding diaryl/α,β-unsaturated/α-hetero) is 2. The first kappa shape index (κ1) is 42.4. The van der Waals surface area contributed by atoms with Crippen LogP contribution < -0.4 is 0 Å². The predicted octanol–water partition coefficient (Wildman–Crippen LogP) is 11.0. The second-order valence-electron chi connectivity index (χ2n) is 12.1. The Morgan fingerprint density at radius 3 is 0.714 bits per heavy atom. The van der Waals surface area contributed by atoms with Crippen LogP contribution in [-0.4, -0.2) is 33.7 Å². The highest BCUT2D eigenvalue weighted by Crippen LogP contribution is 2.13. The van der Waals surface area contributed by atoms with Gasteiger partial charge in [0.15, 0.2) is 0 Å². The van der Waals surface area contributed by atoms with E-state index < -0.39 is 11.9 Å². The number of aliphatic carboxylic acids is 2. The number of unbranched alkanes of at least 4 members (excludes halogenated alkanes) is 20. The third kappa shape index (κ3) is 40.4. The zero-order valence-corrected chi connectivity index (χ0v) is 27.7. The molecule has 0 bridgehead atoms. The molecule has 0 unspecified atom stereocenters. The van der Waals surface area contributed by atoms with Crippen molar-refractivity contribution in [3.63, 3.8) is 0 Å². The lowest BCUT2D eigenvalue weighted by molar-refractivity contribution is -0.138. The van der Waals surface area contributed by atoms with E-state index in [-0.39, 0.29) is 12.8 Å². The molecule has 0 spiro atoms. The van der Waals surface area contributed by atoms with Gasteiger partial charge in [-0.1, -0.05) is 129 Å². The van der Waals surface area contributed by atoms with Crippen molar-refractivity contribution in [3.05, 3.63) is 0 Å². The second kappa shape index (κ2) is 35.5. The van der Waals surface area contributed by atoms with Crippen LogP contribution in [0.1, 0.15) is 206 Å². The fourth-order valence-electron chi connectivity index (χ4n) is 5.07. The van der Waals surface area contributed by atoms with Crippen LogP contribution in [0.3, 0.4) is 0 Å². The van der Waals surface area contributed by atoms with Gasteiger partial charge in [0, 0.05) is 38.5 Å². The molecule has 0 rings (SSSR count). The lowest BCUT2D eigenvalue weighted by atomic mass is 10.0. The van der Waals surface area contributed by atoms with Gasteiger partial charge in [-0.15, -0.1) is 0 Å². The van der Waals surface area contributed by atoms with Crippen LogP contribution in [0.2, 0.25) is 0 Å².